The van der Waals surface area contributed by atoms with Crippen LogP contribution >= 0.6 is 0 Å². The third kappa shape index (κ3) is 3.70. The van der Waals surface area contributed by atoms with Crippen LogP contribution in [0.4, 0.5) is 5.69 Å². The number of benzene rings is 1. The zero-order valence-electron chi connectivity index (χ0n) is 14.8. The van der Waals surface area contributed by atoms with Crippen LogP contribution in [-0.4, -0.2) is 74.6 Å². The van der Waals surface area contributed by atoms with E-state index in [-0.39, 0.29) is 12.4 Å². The summed E-state index contributed by atoms with van der Waals surface area (Å²) in [7, 11) is 0. The summed E-state index contributed by atoms with van der Waals surface area (Å²) in [6.45, 7) is 1.29. The summed E-state index contributed by atoms with van der Waals surface area (Å²) < 4.78 is 10.3. The Morgan fingerprint density at radius 1 is 1.21 bits per heavy atom. The van der Waals surface area contributed by atoms with Crippen LogP contribution in [0, 0.1) is 10.1 Å². The van der Waals surface area contributed by atoms with E-state index in [0.29, 0.717) is 5.56 Å². The number of hydrogen-bond donors (Lipinski definition) is 5. The molecule has 1 aliphatic heterocycles. The van der Waals surface area contributed by atoms with Gasteiger partial charge in [0.25, 0.3) is 0 Å². The number of fused-ring (bicyclic) bond motifs is 1. The van der Waals surface area contributed by atoms with Gasteiger partial charge < -0.3 is 35.2 Å². The Morgan fingerprint density at radius 2 is 1.86 bits per heavy atom. The number of carbonyl (C=O) groups is 1. The molecule has 6 atom stereocenters. The summed E-state index contributed by atoms with van der Waals surface area (Å²) in [5.74, 6) is -1.16. The van der Waals surface area contributed by atoms with Gasteiger partial charge in [-0.2, -0.15) is 0 Å². The summed E-state index contributed by atoms with van der Waals surface area (Å²) in [5, 5.41) is 53.5. The largest absolute Gasteiger partial charge is 0.502 e. The Hall–Kier alpha value is -2.57. The Kier molecular flexibility index (Phi) is 5.63. The van der Waals surface area contributed by atoms with Crippen LogP contribution in [0.2, 0.25) is 0 Å². The third-order valence-corrected chi connectivity index (χ3v) is 4.84. The molecule has 3 rings (SSSR count). The van der Waals surface area contributed by atoms with Gasteiger partial charge in [-0.25, -0.2) is 0 Å². The number of nitrogens with zero attached hydrogens (tertiary/aromatic N) is 1. The molecule has 1 saturated heterocycles. The van der Waals surface area contributed by atoms with Gasteiger partial charge in [-0.05, 0) is 24.6 Å². The van der Waals surface area contributed by atoms with E-state index < -0.39 is 58.8 Å². The number of phenols is 1. The Labute approximate surface area is 159 Å². The summed E-state index contributed by atoms with van der Waals surface area (Å²) in [6, 6.07) is 2.43. The minimum Gasteiger partial charge on any atom is -0.502 e. The van der Waals surface area contributed by atoms with E-state index in [1.54, 1.807) is 0 Å². The quantitative estimate of drug-likeness (QED) is 0.244. The highest BCUT2D eigenvalue weighted by molar-refractivity contribution is 5.97. The van der Waals surface area contributed by atoms with Crippen LogP contribution < -0.4 is 5.32 Å². The van der Waals surface area contributed by atoms with Crippen molar-refractivity contribution in [1.29, 1.82) is 0 Å². The second kappa shape index (κ2) is 7.81. The fraction of sp³-hybridized carbons (Fsp3) is 0.471. The molecule has 0 aromatic heterocycles. The normalized spacial score (nSPS) is 32.6. The lowest BCUT2D eigenvalue weighted by atomic mass is 9.83. The number of nitro groups is 1. The van der Waals surface area contributed by atoms with Gasteiger partial charge in [-0.3, -0.25) is 14.9 Å². The lowest BCUT2D eigenvalue weighted by Gasteiger charge is -2.41. The highest BCUT2D eigenvalue weighted by atomic mass is 16.7. The van der Waals surface area contributed by atoms with Crippen LogP contribution in [-0.2, 0) is 14.3 Å². The van der Waals surface area contributed by atoms with Gasteiger partial charge in [0.15, 0.2) is 5.75 Å². The molecule has 1 heterocycles. The molecule has 1 aliphatic carbocycles. The first-order chi connectivity index (χ1) is 13.2. The summed E-state index contributed by atoms with van der Waals surface area (Å²) in [6.07, 6.45) is -4.59. The van der Waals surface area contributed by atoms with Crippen molar-refractivity contribution in [3.63, 3.8) is 0 Å². The number of phenolic OH excluding ortho intramolecular Hbond substituents is 1. The van der Waals surface area contributed by atoms with Crippen LogP contribution in [0.1, 0.15) is 12.5 Å². The van der Waals surface area contributed by atoms with Crippen molar-refractivity contribution in [1.82, 2.24) is 5.32 Å². The maximum absolute atomic E-state index is 12.5. The summed E-state index contributed by atoms with van der Waals surface area (Å²) >= 11 is 0. The van der Waals surface area contributed by atoms with Crippen molar-refractivity contribution in [2.75, 3.05) is 6.79 Å². The van der Waals surface area contributed by atoms with Crippen molar-refractivity contribution >= 4 is 17.7 Å². The monoisotopic (exact) mass is 396 g/mol. The number of ether oxygens (including phenoxy) is 2. The zero-order chi connectivity index (χ0) is 20.6. The minimum absolute atomic E-state index is 0.125. The first-order valence-corrected chi connectivity index (χ1v) is 8.44. The number of rotatable bonds is 4. The van der Waals surface area contributed by atoms with Gasteiger partial charge in [0.1, 0.15) is 37.3 Å². The lowest BCUT2D eigenvalue weighted by molar-refractivity contribution is -0.385. The van der Waals surface area contributed by atoms with Crippen LogP contribution in [0.3, 0.4) is 0 Å². The number of aliphatic hydroxyl groups is 3. The topological polar surface area (TPSA) is 172 Å². The predicted molar refractivity (Wildman–Crippen MR) is 93.0 cm³/mol. The standard InChI is InChI=1S/C17H20N2O9/c1-7(4-8-2-3-10(20)9(5-8)19(25)26)17(24)18-11-12(21)14(23)16-15(13(11)22)27-6-28-16/h2-5,11-16,20-23H,6H2,1H3,(H,18,24)/b7-4+/t11?,12-,13+,14+,15-,16+/m0/s1. The summed E-state index contributed by atoms with van der Waals surface area (Å²) in [4.78, 5) is 22.6. The molecule has 11 nitrogen and oxygen atoms in total. The number of hydrogen-bond acceptors (Lipinski definition) is 9. The maximum Gasteiger partial charge on any atom is 0.311 e. The maximum atomic E-state index is 12.5. The molecule has 0 bridgehead atoms. The molecule has 1 aromatic carbocycles. The van der Waals surface area contributed by atoms with Gasteiger partial charge in [0.2, 0.25) is 5.91 Å². The number of carbonyl (C=O) groups excluding carboxylic acids is 1. The first-order valence-electron chi connectivity index (χ1n) is 8.44. The molecule has 2 aliphatic rings. The van der Waals surface area contributed by atoms with Crippen molar-refractivity contribution < 1.29 is 39.6 Å². The number of amides is 1. The number of aromatic hydroxyl groups is 1. The number of nitrogens with one attached hydrogen (secondary N) is 1. The molecule has 1 saturated carbocycles. The zero-order valence-corrected chi connectivity index (χ0v) is 14.8. The second-order valence-electron chi connectivity index (χ2n) is 6.68. The van der Waals surface area contributed by atoms with E-state index in [9.17, 15) is 35.3 Å². The second-order valence-corrected chi connectivity index (χ2v) is 6.68. The van der Waals surface area contributed by atoms with Crippen molar-refractivity contribution in [3.8, 4) is 5.75 Å². The summed E-state index contributed by atoms with van der Waals surface area (Å²) in [5.41, 5.74) is -0.0817. The average Bonchev–Trinajstić information content (AvgIpc) is 3.14. The molecule has 1 unspecified atom stereocenters. The Morgan fingerprint density at radius 3 is 2.50 bits per heavy atom. The average molecular weight is 396 g/mol. The van der Waals surface area contributed by atoms with Gasteiger partial charge in [-0.15, -0.1) is 0 Å². The molecular formula is C17H20N2O9. The van der Waals surface area contributed by atoms with Crippen molar-refractivity contribution in [3.05, 3.63) is 39.4 Å². The minimum atomic E-state index is -1.48. The van der Waals surface area contributed by atoms with E-state index >= 15 is 0 Å². The highest BCUT2D eigenvalue weighted by Crippen LogP contribution is 2.30. The van der Waals surface area contributed by atoms with E-state index in [1.807, 2.05) is 0 Å². The first kappa shape index (κ1) is 20.2. The molecule has 1 aromatic rings. The molecule has 0 radical (unpaired) electrons. The fourth-order valence-electron chi connectivity index (χ4n) is 3.31. The molecule has 152 valence electrons. The molecular weight excluding hydrogens is 376 g/mol. The molecule has 5 N–H and O–H groups in total. The van der Waals surface area contributed by atoms with E-state index in [0.717, 1.165) is 12.1 Å². The van der Waals surface area contributed by atoms with Crippen LogP contribution in [0.25, 0.3) is 6.08 Å². The Balaban J connectivity index is 1.76. The van der Waals surface area contributed by atoms with E-state index in [1.165, 1.54) is 19.1 Å². The molecule has 1 amide bonds. The highest BCUT2D eigenvalue weighted by Gasteiger charge is 2.53. The van der Waals surface area contributed by atoms with E-state index in [2.05, 4.69) is 5.32 Å². The van der Waals surface area contributed by atoms with Crippen molar-refractivity contribution in [2.45, 2.75) is 43.5 Å². The smallest absolute Gasteiger partial charge is 0.311 e. The van der Waals surface area contributed by atoms with Crippen LogP contribution in [0.15, 0.2) is 23.8 Å². The fourth-order valence-corrected chi connectivity index (χ4v) is 3.31. The lowest BCUT2D eigenvalue weighted by Crippen LogP contribution is -2.67. The van der Waals surface area contributed by atoms with E-state index in [4.69, 9.17) is 9.47 Å². The van der Waals surface area contributed by atoms with Crippen molar-refractivity contribution in [2.24, 2.45) is 0 Å². The van der Waals surface area contributed by atoms with Crippen LogP contribution in [0.5, 0.6) is 5.75 Å². The van der Waals surface area contributed by atoms with Gasteiger partial charge in [0.05, 0.1) is 11.0 Å². The molecule has 28 heavy (non-hydrogen) atoms. The SMILES string of the molecule is C/C(=C\c1ccc(O)c([N+](=O)[O-])c1)C(=O)NC1[C@@H](O)[C@@H]2OCO[C@@H]2[C@H](O)[C@H]1O. The third-order valence-electron chi connectivity index (χ3n) is 4.84. The molecule has 2 fully saturated rings. The molecule has 11 heteroatoms. The Bertz CT molecular complexity index is 812. The predicted octanol–water partition coefficient (Wildman–Crippen LogP) is -0.974. The van der Waals surface area contributed by atoms with Gasteiger partial charge in [0, 0.05) is 11.6 Å². The number of nitro benzene ring substituents is 1. The number of aliphatic hydroxyl groups excluding tert-OH is 3. The van der Waals surface area contributed by atoms with Gasteiger partial charge in [-0.1, -0.05) is 6.07 Å². The van der Waals surface area contributed by atoms with Gasteiger partial charge >= 0.3 is 5.69 Å². The molecule has 0 spiro atoms.